The van der Waals surface area contributed by atoms with Crippen molar-refractivity contribution in [2.45, 2.75) is 24.8 Å². The van der Waals surface area contributed by atoms with Gasteiger partial charge in [0.15, 0.2) is 5.16 Å². The van der Waals surface area contributed by atoms with Crippen LogP contribution >= 0.6 is 11.8 Å². The zero-order valence-corrected chi connectivity index (χ0v) is 16.2. The molecule has 3 aromatic carbocycles. The first-order valence-electron chi connectivity index (χ1n) is 8.90. The van der Waals surface area contributed by atoms with Gasteiger partial charge >= 0.3 is 0 Å². The van der Waals surface area contributed by atoms with Crippen LogP contribution in [0.15, 0.2) is 82.7 Å². The highest BCUT2D eigenvalue weighted by molar-refractivity contribution is 7.98. The van der Waals surface area contributed by atoms with Crippen LogP contribution in [-0.2, 0) is 5.75 Å². The second-order valence-electron chi connectivity index (χ2n) is 6.55. The van der Waals surface area contributed by atoms with Crippen LogP contribution in [0.5, 0.6) is 0 Å². The van der Waals surface area contributed by atoms with Crippen molar-refractivity contribution in [3.63, 3.8) is 0 Å². The average Bonchev–Trinajstić information content (AvgIpc) is 2.70. The summed E-state index contributed by atoms with van der Waals surface area (Å²) >= 11 is 1.59. The topological polar surface area (TPSA) is 34.9 Å². The molecule has 134 valence electrons. The van der Waals surface area contributed by atoms with Gasteiger partial charge in [-0.05, 0) is 48.7 Å². The SMILES string of the molecule is Cc1cccc(-n2c(SCc3ccccc3)nc3ccccc3c2=O)c1C. The molecule has 0 fully saturated rings. The van der Waals surface area contributed by atoms with E-state index in [1.807, 2.05) is 54.6 Å². The lowest BCUT2D eigenvalue weighted by molar-refractivity contribution is 0.813. The molecule has 4 aromatic rings. The largest absolute Gasteiger partial charge is 0.268 e. The highest BCUT2D eigenvalue weighted by Gasteiger charge is 2.15. The fourth-order valence-electron chi connectivity index (χ4n) is 3.12. The van der Waals surface area contributed by atoms with E-state index in [1.54, 1.807) is 16.3 Å². The van der Waals surface area contributed by atoms with Crippen molar-refractivity contribution in [2.24, 2.45) is 0 Å². The van der Waals surface area contributed by atoms with Gasteiger partial charge in [0.25, 0.3) is 5.56 Å². The Morgan fingerprint density at radius 2 is 1.63 bits per heavy atom. The molecule has 0 spiro atoms. The van der Waals surface area contributed by atoms with E-state index in [0.717, 1.165) is 33.2 Å². The number of hydrogen-bond acceptors (Lipinski definition) is 3. The van der Waals surface area contributed by atoms with Crippen LogP contribution in [0.4, 0.5) is 0 Å². The summed E-state index contributed by atoms with van der Waals surface area (Å²) < 4.78 is 1.76. The highest BCUT2D eigenvalue weighted by Crippen LogP contribution is 2.26. The minimum Gasteiger partial charge on any atom is -0.268 e. The molecule has 0 aliphatic rings. The van der Waals surface area contributed by atoms with Crippen LogP contribution in [0.1, 0.15) is 16.7 Å². The lowest BCUT2D eigenvalue weighted by Gasteiger charge is -2.16. The number of rotatable bonds is 4. The molecule has 0 saturated carbocycles. The molecular weight excluding hydrogens is 352 g/mol. The molecule has 0 amide bonds. The molecule has 3 nitrogen and oxygen atoms in total. The third-order valence-electron chi connectivity index (χ3n) is 4.77. The molecule has 0 bridgehead atoms. The summed E-state index contributed by atoms with van der Waals surface area (Å²) in [5, 5.41) is 1.36. The van der Waals surface area contributed by atoms with E-state index in [1.165, 1.54) is 5.56 Å². The van der Waals surface area contributed by atoms with E-state index in [0.29, 0.717) is 5.39 Å². The maximum atomic E-state index is 13.3. The van der Waals surface area contributed by atoms with E-state index >= 15 is 0 Å². The van der Waals surface area contributed by atoms with Crippen molar-refractivity contribution in [1.82, 2.24) is 9.55 Å². The zero-order valence-electron chi connectivity index (χ0n) is 15.3. The van der Waals surface area contributed by atoms with Gasteiger partial charge in [-0.2, -0.15) is 0 Å². The summed E-state index contributed by atoms with van der Waals surface area (Å²) in [7, 11) is 0. The maximum absolute atomic E-state index is 13.3. The Morgan fingerprint density at radius 1 is 0.889 bits per heavy atom. The van der Waals surface area contributed by atoms with Crippen LogP contribution in [0.25, 0.3) is 16.6 Å². The molecule has 0 radical (unpaired) electrons. The fourth-order valence-corrected chi connectivity index (χ4v) is 4.08. The molecule has 4 rings (SSSR count). The minimum absolute atomic E-state index is 0.0233. The van der Waals surface area contributed by atoms with Gasteiger partial charge in [0, 0.05) is 5.75 Å². The lowest BCUT2D eigenvalue weighted by Crippen LogP contribution is -2.22. The Bertz CT molecular complexity index is 1170. The van der Waals surface area contributed by atoms with E-state index in [9.17, 15) is 4.79 Å². The Labute approximate surface area is 162 Å². The molecule has 0 N–H and O–H groups in total. The number of thioether (sulfide) groups is 1. The predicted molar refractivity (Wildman–Crippen MR) is 113 cm³/mol. The number of benzene rings is 3. The molecule has 0 atom stereocenters. The molecule has 0 unspecified atom stereocenters. The Hall–Kier alpha value is -2.85. The molecule has 4 heteroatoms. The van der Waals surface area contributed by atoms with Crippen molar-refractivity contribution < 1.29 is 0 Å². The van der Waals surface area contributed by atoms with Crippen molar-refractivity contribution in [3.05, 3.63) is 99.8 Å². The van der Waals surface area contributed by atoms with Gasteiger partial charge in [0.1, 0.15) is 0 Å². The highest BCUT2D eigenvalue weighted by atomic mass is 32.2. The first kappa shape index (κ1) is 17.6. The summed E-state index contributed by atoms with van der Waals surface area (Å²) in [6.45, 7) is 4.12. The monoisotopic (exact) mass is 372 g/mol. The van der Waals surface area contributed by atoms with Crippen LogP contribution in [-0.4, -0.2) is 9.55 Å². The van der Waals surface area contributed by atoms with Gasteiger partial charge < -0.3 is 0 Å². The first-order valence-corrected chi connectivity index (χ1v) is 9.89. The molecule has 0 aliphatic heterocycles. The van der Waals surface area contributed by atoms with E-state index < -0.39 is 0 Å². The quantitative estimate of drug-likeness (QED) is 0.360. The molecule has 0 saturated heterocycles. The van der Waals surface area contributed by atoms with Gasteiger partial charge in [0.2, 0.25) is 0 Å². The number of para-hydroxylation sites is 1. The minimum atomic E-state index is -0.0233. The van der Waals surface area contributed by atoms with Gasteiger partial charge in [-0.3, -0.25) is 9.36 Å². The van der Waals surface area contributed by atoms with E-state index in [2.05, 4.69) is 32.0 Å². The van der Waals surface area contributed by atoms with Crippen molar-refractivity contribution in [2.75, 3.05) is 0 Å². The molecular formula is C23H20N2OS. The maximum Gasteiger partial charge on any atom is 0.266 e. The van der Waals surface area contributed by atoms with Crippen LogP contribution < -0.4 is 5.56 Å². The smallest absolute Gasteiger partial charge is 0.266 e. The van der Waals surface area contributed by atoms with Crippen LogP contribution in [0.2, 0.25) is 0 Å². The van der Waals surface area contributed by atoms with Crippen molar-refractivity contribution in [3.8, 4) is 5.69 Å². The Morgan fingerprint density at radius 3 is 2.44 bits per heavy atom. The van der Waals surface area contributed by atoms with Crippen LogP contribution in [0.3, 0.4) is 0 Å². The molecule has 1 aromatic heterocycles. The second kappa shape index (κ2) is 7.41. The lowest BCUT2D eigenvalue weighted by atomic mass is 10.1. The van der Waals surface area contributed by atoms with Gasteiger partial charge in [-0.1, -0.05) is 66.4 Å². The fraction of sp³-hybridized carbons (Fsp3) is 0.130. The van der Waals surface area contributed by atoms with E-state index in [-0.39, 0.29) is 5.56 Å². The number of aromatic nitrogens is 2. The molecule has 1 heterocycles. The number of hydrogen-bond donors (Lipinski definition) is 0. The first-order chi connectivity index (χ1) is 13.1. The number of aryl methyl sites for hydroxylation is 1. The van der Waals surface area contributed by atoms with Crippen molar-refractivity contribution in [1.29, 1.82) is 0 Å². The standard InChI is InChI=1S/C23H20N2OS/c1-16-9-8-14-21(17(16)2)25-22(26)19-12-6-7-13-20(19)24-23(25)27-15-18-10-4-3-5-11-18/h3-14H,15H2,1-2H3. The molecule has 27 heavy (non-hydrogen) atoms. The van der Waals surface area contributed by atoms with Crippen molar-refractivity contribution >= 4 is 22.7 Å². The number of nitrogens with zero attached hydrogens (tertiary/aromatic N) is 2. The third-order valence-corrected chi connectivity index (χ3v) is 5.78. The Kier molecular flexibility index (Phi) is 4.82. The summed E-state index contributed by atoms with van der Waals surface area (Å²) in [6.07, 6.45) is 0. The predicted octanol–water partition coefficient (Wildman–Crippen LogP) is 5.29. The van der Waals surface area contributed by atoms with Gasteiger partial charge in [-0.15, -0.1) is 0 Å². The van der Waals surface area contributed by atoms with Crippen LogP contribution in [0, 0.1) is 13.8 Å². The second-order valence-corrected chi connectivity index (χ2v) is 7.49. The summed E-state index contributed by atoms with van der Waals surface area (Å²) in [5.41, 5.74) is 5.07. The summed E-state index contributed by atoms with van der Waals surface area (Å²) in [6, 6.07) is 23.8. The van der Waals surface area contributed by atoms with E-state index in [4.69, 9.17) is 4.98 Å². The van der Waals surface area contributed by atoms with Gasteiger partial charge in [-0.25, -0.2) is 4.98 Å². The summed E-state index contributed by atoms with van der Waals surface area (Å²) in [5.74, 6) is 0.760. The Balaban J connectivity index is 1.90. The third kappa shape index (κ3) is 3.40. The number of fused-ring (bicyclic) bond motifs is 1. The average molecular weight is 372 g/mol. The summed E-state index contributed by atoms with van der Waals surface area (Å²) in [4.78, 5) is 18.2. The van der Waals surface area contributed by atoms with Gasteiger partial charge in [0.05, 0.1) is 16.6 Å². The normalized spacial score (nSPS) is 11.0. The zero-order chi connectivity index (χ0) is 18.8. The molecule has 0 aliphatic carbocycles.